The summed E-state index contributed by atoms with van der Waals surface area (Å²) in [6.07, 6.45) is 1.06. The highest BCUT2D eigenvalue weighted by Crippen LogP contribution is 2.11. The number of nitrogens with zero attached hydrogens (tertiary/aromatic N) is 2. The molecule has 0 radical (unpaired) electrons. The molecule has 1 aliphatic rings. The Balaban J connectivity index is 1.68. The summed E-state index contributed by atoms with van der Waals surface area (Å²) in [5, 5.41) is 2.24. The minimum atomic E-state index is 0.840. The van der Waals surface area contributed by atoms with Gasteiger partial charge in [0.2, 0.25) is 0 Å². The molecule has 84 valence electrons. The van der Waals surface area contributed by atoms with Crippen LogP contribution in [0, 0.1) is 6.92 Å². The quantitative estimate of drug-likeness (QED) is 0.827. The van der Waals surface area contributed by atoms with Gasteiger partial charge in [0, 0.05) is 24.5 Å². The summed E-state index contributed by atoms with van der Waals surface area (Å²) < 4.78 is 5.28. The first-order valence-electron chi connectivity index (χ1n) is 5.31. The summed E-state index contributed by atoms with van der Waals surface area (Å²) in [7, 11) is 0. The van der Waals surface area contributed by atoms with E-state index >= 15 is 0 Å². The van der Waals surface area contributed by atoms with E-state index in [0.29, 0.717) is 0 Å². The molecule has 1 aliphatic heterocycles. The van der Waals surface area contributed by atoms with Crippen LogP contribution in [-0.2, 0) is 11.2 Å². The molecule has 1 aromatic heterocycles. The molecule has 5 heteroatoms. The lowest BCUT2D eigenvalue weighted by atomic mass is 10.3. The summed E-state index contributed by atoms with van der Waals surface area (Å²) in [6.45, 7) is 6.71. The monoisotopic (exact) mass is 227 g/mol. The fourth-order valence-electron chi connectivity index (χ4n) is 1.62. The number of hydrogen-bond donors (Lipinski definition) is 1. The highest BCUT2D eigenvalue weighted by atomic mass is 32.1. The van der Waals surface area contributed by atoms with Crippen LogP contribution >= 0.6 is 11.3 Å². The Labute approximate surface area is 94.2 Å². The second-order valence-corrected chi connectivity index (χ2v) is 4.56. The summed E-state index contributed by atoms with van der Waals surface area (Å²) in [6, 6.07) is 0. The Morgan fingerprint density at radius 3 is 3.00 bits per heavy atom. The molecule has 0 amide bonds. The summed E-state index contributed by atoms with van der Waals surface area (Å²) in [4.78, 5) is 5.62. The smallest absolute Gasteiger partial charge is 0.0797 e. The van der Waals surface area contributed by atoms with E-state index in [-0.39, 0.29) is 0 Å². The first-order chi connectivity index (χ1) is 7.36. The average Bonchev–Trinajstić information content (AvgIpc) is 2.66. The first kappa shape index (κ1) is 11.0. The maximum atomic E-state index is 5.28. The van der Waals surface area contributed by atoms with E-state index in [1.165, 1.54) is 10.6 Å². The molecule has 0 saturated carbocycles. The molecule has 0 unspecified atom stereocenters. The second-order valence-electron chi connectivity index (χ2n) is 3.62. The Bertz CT molecular complexity index is 297. The van der Waals surface area contributed by atoms with Gasteiger partial charge in [-0.2, -0.15) is 0 Å². The van der Waals surface area contributed by atoms with Crippen LogP contribution < -0.4 is 5.43 Å². The van der Waals surface area contributed by atoms with E-state index in [2.05, 4.69) is 22.3 Å². The Morgan fingerprint density at radius 1 is 1.53 bits per heavy atom. The highest BCUT2D eigenvalue weighted by molar-refractivity contribution is 7.09. The lowest BCUT2D eigenvalue weighted by Crippen LogP contribution is -2.46. The van der Waals surface area contributed by atoms with E-state index in [1.54, 1.807) is 11.3 Å². The van der Waals surface area contributed by atoms with Crippen molar-refractivity contribution in [1.82, 2.24) is 15.4 Å². The van der Waals surface area contributed by atoms with Gasteiger partial charge in [0.05, 0.1) is 24.4 Å². The van der Waals surface area contributed by atoms with Crippen molar-refractivity contribution in [2.24, 2.45) is 0 Å². The molecule has 4 nitrogen and oxygen atoms in total. The van der Waals surface area contributed by atoms with Crippen LogP contribution in [0.1, 0.15) is 10.6 Å². The van der Waals surface area contributed by atoms with Crippen molar-refractivity contribution in [3.05, 3.63) is 16.1 Å². The largest absolute Gasteiger partial charge is 0.379 e. The summed E-state index contributed by atoms with van der Waals surface area (Å²) in [5.74, 6) is 0. The Hall–Kier alpha value is -0.490. The molecule has 15 heavy (non-hydrogen) atoms. The van der Waals surface area contributed by atoms with Gasteiger partial charge in [-0.15, -0.1) is 11.3 Å². The van der Waals surface area contributed by atoms with E-state index in [9.17, 15) is 0 Å². The third-order valence-electron chi connectivity index (χ3n) is 2.54. The van der Waals surface area contributed by atoms with Gasteiger partial charge in [0.1, 0.15) is 0 Å². The van der Waals surface area contributed by atoms with Crippen molar-refractivity contribution in [3.63, 3.8) is 0 Å². The van der Waals surface area contributed by atoms with Gasteiger partial charge in [0.15, 0.2) is 0 Å². The normalized spacial score (nSPS) is 18.2. The van der Waals surface area contributed by atoms with Crippen molar-refractivity contribution in [1.29, 1.82) is 0 Å². The summed E-state index contributed by atoms with van der Waals surface area (Å²) >= 11 is 1.74. The van der Waals surface area contributed by atoms with Crippen LogP contribution in [0.3, 0.4) is 0 Å². The molecule has 0 bridgehead atoms. The van der Waals surface area contributed by atoms with Gasteiger partial charge in [-0.3, -0.25) is 5.43 Å². The van der Waals surface area contributed by atoms with Crippen LogP contribution in [0.25, 0.3) is 0 Å². The third-order valence-corrected chi connectivity index (χ3v) is 3.54. The highest BCUT2D eigenvalue weighted by Gasteiger charge is 2.09. The molecule has 1 aromatic rings. The molecule has 0 spiro atoms. The summed E-state index contributed by atoms with van der Waals surface area (Å²) in [5.41, 5.74) is 6.51. The maximum Gasteiger partial charge on any atom is 0.0797 e. The molecule has 0 atom stereocenters. The van der Waals surface area contributed by atoms with Crippen LogP contribution in [0.2, 0.25) is 0 Å². The van der Waals surface area contributed by atoms with Crippen molar-refractivity contribution < 1.29 is 4.74 Å². The number of aromatic nitrogens is 1. The Morgan fingerprint density at radius 2 is 2.33 bits per heavy atom. The van der Waals surface area contributed by atoms with Gasteiger partial charge in [0.25, 0.3) is 0 Å². The van der Waals surface area contributed by atoms with E-state index in [0.717, 1.165) is 39.3 Å². The van der Waals surface area contributed by atoms with E-state index in [1.807, 2.05) is 5.51 Å². The lowest BCUT2D eigenvalue weighted by molar-refractivity contribution is 0.0124. The fraction of sp³-hybridized carbons (Fsp3) is 0.700. The molecule has 1 N–H and O–H groups in total. The number of hydrazine groups is 1. The zero-order chi connectivity index (χ0) is 10.5. The van der Waals surface area contributed by atoms with Gasteiger partial charge in [-0.1, -0.05) is 0 Å². The first-order valence-corrected chi connectivity index (χ1v) is 6.19. The number of ether oxygens (including phenoxy) is 1. The number of aryl methyl sites for hydroxylation is 1. The minimum absolute atomic E-state index is 0.840. The number of thiazole rings is 1. The van der Waals surface area contributed by atoms with E-state index < -0.39 is 0 Å². The molecule has 0 aromatic carbocycles. The predicted molar refractivity (Wildman–Crippen MR) is 60.9 cm³/mol. The number of nitrogens with one attached hydrogen (secondary N) is 1. The Kier molecular flexibility index (Phi) is 4.08. The van der Waals surface area contributed by atoms with Gasteiger partial charge in [-0.25, -0.2) is 9.99 Å². The standard InChI is InChI=1S/C10H17N3OS/c1-9-10(15-8-11-9)2-3-12-13-4-6-14-7-5-13/h8,12H,2-7H2,1H3. The van der Waals surface area contributed by atoms with Gasteiger partial charge < -0.3 is 4.74 Å². The fourth-order valence-corrected chi connectivity index (χ4v) is 2.40. The van der Waals surface area contributed by atoms with Crippen LogP contribution in [0.4, 0.5) is 0 Å². The van der Waals surface area contributed by atoms with E-state index in [4.69, 9.17) is 4.74 Å². The minimum Gasteiger partial charge on any atom is -0.379 e. The van der Waals surface area contributed by atoms with Crippen LogP contribution in [0.5, 0.6) is 0 Å². The number of morpholine rings is 1. The van der Waals surface area contributed by atoms with Crippen molar-refractivity contribution in [2.45, 2.75) is 13.3 Å². The average molecular weight is 227 g/mol. The number of rotatable bonds is 4. The zero-order valence-corrected chi connectivity index (χ0v) is 9.85. The van der Waals surface area contributed by atoms with Crippen molar-refractivity contribution in [3.8, 4) is 0 Å². The van der Waals surface area contributed by atoms with Crippen LogP contribution in [0.15, 0.2) is 5.51 Å². The molecular formula is C10H17N3OS. The molecule has 1 saturated heterocycles. The SMILES string of the molecule is Cc1ncsc1CCNN1CCOCC1. The van der Waals surface area contributed by atoms with Crippen molar-refractivity contribution >= 4 is 11.3 Å². The predicted octanol–water partition coefficient (Wildman–Crippen LogP) is 0.831. The molecule has 0 aliphatic carbocycles. The van der Waals surface area contributed by atoms with Crippen LogP contribution in [-0.4, -0.2) is 42.8 Å². The lowest BCUT2D eigenvalue weighted by Gasteiger charge is -2.27. The molecule has 2 rings (SSSR count). The number of hydrogen-bond acceptors (Lipinski definition) is 5. The molecular weight excluding hydrogens is 210 g/mol. The van der Waals surface area contributed by atoms with Gasteiger partial charge >= 0.3 is 0 Å². The molecule has 2 heterocycles. The van der Waals surface area contributed by atoms with Gasteiger partial charge in [-0.05, 0) is 13.3 Å². The third kappa shape index (κ3) is 3.24. The molecule has 1 fully saturated rings. The maximum absolute atomic E-state index is 5.28. The second kappa shape index (κ2) is 5.55. The van der Waals surface area contributed by atoms with Crippen molar-refractivity contribution in [2.75, 3.05) is 32.8 Å². The zero-order valence-electron chi connectivity index (χ0n) is 9.03. The topological polar surface area (TPSA) is 37.4 Å².